The predicted molar refractivity (Wildman–Crippen MR) is 155 cm³/mol. The number of fused-ring (bicyclic) bond motifs is 4. The molecular formula is C29H33ClN6O4. The van der Waals surface area contributed by atoms with E-state index in [1.165, 1.54) is 4.57 Å². The maximum Gasteiger partial charge on any atom is 0.407 e. The third-order valence-electron chi connectivity index (χ3n) is 7.91. The summed E-state index contributed by atoms with van der Waals surface area (Å²) in [6, 6.07) is 5.91. The number of alkyl carbamates (subject to hydrolysis) is 1. The summed E-state index contributed by atoms with van der Waals surface area (Å²) >= 11 is 6.82. The van der Waals surface area contributed by atoms with E-state index in [4.69, 9.17) is 26.3 Å². The van der Waals surface area contributed by atoms with Crippen LogP contribution in [0.1, 0.15) is 46.5 Å². The summed E-state index contributed by atoms with van der Waals surface area (Å²) in [5, 5.41) is 14.9. The SMILES string of the molecule is Cn1ccc2c(Cl)c(-c3cn(CO)c4nc(N5[C@@H]6CC[C@H]5CC(NC(=O)OC(C)(C)C)C6)cnc34)ccc2c1=O. The quantitative estimate of drug-likeness (QED) is 0.373. The second-order valence-electron chi connectivity index (χ2n) is 11.8. The summed E-state index contributed by atoms with van der Waals surface area (Å²) < 4.78 is 8.64. The van der Waals surface area contributed by atoms with E-state index in [2.05, 4.69) is 10.2 Å². The zero-order valence-corrected chi connectivity index (χ0v) is 23.8. The van der Waals surface area contributed by atoms with Crippen LogP contribution in [0, 0.1) is 0 Å². The number of hydrogen-bond acceptors (Lipinski definition) is 7. The number of pyridine rings is 1. The molecule has 6 rings (SSSR count). The third-order valence-corrected chi connectivity index (χ3v) is 8.32. The highest BCUT2D eigenvalue weighted by Crippen LogP contribution is 2.41. The first kappa shape index (κ1) is 26.6. The predicted octanol–water partition coefficient (Wildman–Crippen LogP) is 4.58. The first-order chi connectivity index (χ1) is 19.0. The Labute approximate surface area is 236 Å². The molecule has 5 heterocycles. The lowest BCUT2D eigenvalue weighted by Gasteiger charge is -2.39. The number of amides is 1. The zero-order valence-electron chi connectivity index (χ0n) is 23.0. The molecule has 1 unspecified atom stereocenters. The monoisotopic (exact) mass is 564 g/mol. The molecule has 210 valence electrons. The van der Waals surface area contributed by atoms with Gasteiger partial charge >= 0.3 is 6.09 Å². The molecule has 1 amide bonds. The highest BCUT2D eigenvalue weighted by Gasteiger charge is 2.42. The van der Waals surface area contributed by atoms with Crippen molar-refractivity contribution >= 4 is 45.4 Å². The molecule has 4 aromatic rings. The second-order valence-corrected chi connectivity index (χ2v) is 12.2. The van der Waals surface area contributed by atoms with Gasteiger partial charge in [-0.2, -0.15) is 0 Å². The Balaban J connectivity index is 1.31. The molecular weight excluding hydrogens is 532 g/mol. The zero-order chi connectivity index (χ0) is 28.3. The van der Waals surface area contributed by atoms with Gasteiger partial charge in [0.15, 0.2) is 5.65 Å². The van der Waals surface area contributed by atoms with Gasteiger partial charge in [-0.15, -0.1) is 0 Å². The van der Waals surface area contributed by atoms with Crippen LogP contribution in [0.25, 0.3) is 33.1 Å². The van der Waals surface area contributed by atoms with E-state index in [1.807, 2.05) is 32.9 Å². The summed E-state index contributed by atoms with van der Waals surface area (Å²) in [7, 11) is 1.71. The van der Waals surface area contributed by atoms with Crippen molar-refractivity contribution in [1.82, 2.24) is 24.4 Å². The van der Waals surface area contributed by atoms with Crippen molar-refractivity contribution in [2.24, 2.45) is 7.05 Å². The minimum Gasteiger partial charge on any atom is -0.444 e. The minimum atomic E-state index is -0.538. The van der Waals surface area contributed by atoms with Gasteiger partial charge in [0.25, 0.3) is 5.56 Å². The molecule has 2 N–H and O–H groups in total. The number of halogens is 1. The van der Waals surface area contributed by atoms with Crippen molar-refractivity contribution in [2.75, 3.05) is 4.90 Å². The van der Waals surface area contributed by atoms with Crippen LogP contribution in [0.2, 0.25) is 5.02 Å². The number of nitrogens with zero attached hydrogens (tertiary/aromatic N) is 5. The average molecular weight is 565 g/mol. The molecule has 11 heteroatoms. The maximum atomic E-state index is 12.6. The summed E-state index contributed by atoms with van der Waals surface area (Å²) in [5.41, 5.74) is 1.98. The molecule has 0 radical (unpaired) electrons. The molecule has 0 spiro atoms. The van der Waals surface area contributed by atoms with Gasteiger partial charge in [0, 0.05) is 59.5 Å². The molecule has 3 aromatic heterocycles. The lowest BCUT2D eigenvalue weighted by atomic mass is 9.97. The fourth-order valence-electron chi connectivity index (χ4n) is 6.21. The van der Waals surface area contributed by atoms with Gasteiger partial charge in [-0.1, -0.05) is 17.7 Å². The van der Waals surface area contributed by atoms with Crippen LogP contribution >= 0.6 is 11.6 Å². The number of carbonyl (C=O) groups excluding carboxylic acids is 1. The standard InChI is InChI=1S/C29H33ClN6O4/c1-29(2,3)40-28(39)32-16-11-17-5-6-18(12-16)36(17)23-13-31-25-22(14-35(15-37)26(25)33-23)19-7-8-21-20(24(19)30)9-10-34(4)27(21)38/h7-10,13-14,16-18,37H,5-6,11-12,15H2,1-4H3,(H,32,39)/t16?,17-,18+. The Morgan fingerprint density at radius 3 is 2.55 bits per heavy atom. The highest BCUT2D eigenvalue weighted by atomic mass is 35.5. The van der Waals surface area contributed by atoms with Gasteiger partial charge in [0.2, 0.25) is 0 Å². The number of hydrogen-bond donors (Lipinski definition) is 2. The van der Waals surface area contributed by atoms with Crippen LogP contribution in [-0.4, -0.2) is 54.0 Å². The molecule has 3 atom stereocenters. The Bertz CT molecular complexity index is 1680. The van der Waals surface area contributed by atoms with Gasteiger partial charge in [-0.3, -0.25) is 4.79 Å². The lowest BCUT2D eigenvalue weighted by Crippen LogP contribution is -2.51. The molecule has 0 saturated carbocycles. The van der Waals surface area contributed by atoms with Crippen LogP contribution in [0.3, 0.4) is 0 Å². The number of anilines is 1. The van der Waals surface area contributed by atoms with Crippen molar-refractivity contribution in [1.29, 1.82) is 0 Å². The number of aliphatic hydroxyl groups is 1. The normalized spacial score (nSPS) is 20.9. The number of rotatable bonds is 4. The first-order valence-electron chi connectivity index (χ1n) is 13.6. The Hall–Kier alpha value is -3.63. The van der Waals surface area contributed by atoms with Gasteiger partial charge in [0.1, 0.15) is 23.7 Å². The number of aromatic nitrogens is 4. The Kier molecular flexibility index (Phi) is 6.50. The summed E-state index contributed by atoms with van der Waals surface area (Å²) in [4.78, 5) is 37.0. The highest BCUT2D eigenvalue weighted by molar-refractivity contribution is 6.38. The van der Waals surface area contributed by atoms with Crippen LogP contribution in [0.4, 0.5) is 10.6 Å². The molecule has 2 aliphatic heterocycles. The third kappa shape index (κ3) is 4.58. The topological polar surface area (TPSA) is 115 Å². The molecule has 2 saturated heterocycles. The van der Waals surface area contributed by atoms with Gasteiger partial charge in [-0.25, -0.2) is 14.8 Å². The molecule has 1 aromatic carbocycles. The largest absolute Gasteiger partial charge is 0.444 e. The van der Waals surface area contributed by atoms with Gasteiger partial charge < -0.3 is 29.2 Å². The fourth-order valence-corrected chi connectivity index (χ4v) is 6.54. The van der Waals surface area contributed by atoms with Crippen LogP contribution in [0.5, 0.6) is 0 Å². The van der Waals surface area contributed by atoms with Crippen molar-refractivity contribution in [2.45, 2.75) is 76.9 Å². The van der Waals surface area contributed by atoms with Crippen molar-refractivity contribution < 1.29 is 14.6 Å². The number of nitrogens with one attached hydrogen (secondary N) is 1. The summed E-state index contributed by atoms with van der Waals surface area (Å²) in [6.07, 6.45) is 8.52. The van der Waals surface area contributed by atoms with Crippen molar-refractivity contribution in [3.63, 3.8) is 0 Å². The first-order valence-corrected chi connectivity index (χ1v) is 13.9. The van der Waals surface area contributed by atoms with Gasteiger partial charge in [0.05, 0.1) is 11.2 Å². The molecule has 2 bridgehead atoms. The number of piperidine rings is 1. The van der Waals surface area contributed by atoms with E-state index < -0.39 is 5.60 Å². The number of carbonyl (C=O) groups is 1. The van der Waals surface area contributed by atoms with Crippen molar-refractivity contribution in [3.05, 3.63) is 52.2 Å². The smallest absolute Gasteiger partial charge is 0.407 e. The number of aliphatic hydroxyl groups excluding tert-OH is 1. The van der Waals surface area contributed by atoms with E-state index in [1.54, 1.807) is 36.3 Å². The fraction of sp³-hybridized carbons (Fsp3) is 0.448. The van der Waals surface area contributed by atoms with E-state index in [0.717, 1.165) is 42.6 Å². The number of ether oxygens (including phenoxy) is 1. The molecule has 0 aliphatic carbocycles. The number of aryl methyl sites for hydroxylation is 1. The van der Waals surface area contributed by atoms with E-state index in [-0.39, 0.29) is 36.5 Å². The van der Waals surface area contributed by atoms with Crippen LogP contribution < -0.4 is 15.8 Å². The van der Waals surface area contributed by atoms with E-state index in [0.29, 0.717) is 27.0 Å². The maximum absolute atomic E-state index is 12.6. The molecule has 40 heavy (non-hydrogen) atoms. The molecule has 2 aliphatic rings. The van der Waals surface area contributed by atoms with E-state index in [9.17, 15) is 14.7 Å². The van der Waals surface area contributed by atoms with Crippen LogP contribution in [-0.2, 0) is 18.5 Å². The van der Waals surface area contributed by atoms with E-state index >= 15 is 0 Å². The molecule has 10 nitrogen and oxygen atoms in total. The minimum absolute atomic E-state index is 0.0417. The summed E-state index contributed by atoms with van der Waals surface area (Å²) in [6.45, 7) is 5.31. The second kappa shape index (κ2) is 9.78. The van der Waals surface area contributed by atoms with Gasteiger partial charge in [-0.05, 0) is 58.6 Å². The Morgan fingerprint density at radius 1 is 1.15 bits per heavy atom. The lowest BCUT2D eigenvalue weighted by molar-refractivity contribution is 0.0492. The Morgan fingerprint density at radius 2 is 1.88 bits per heavy atom. The summed E-state index contributed by atoms with van der Waals surface area (Å²) in [5.74, 6) is 0.753. The molecule has 2 fully saturated rings. The number of benzene rings is 1. The van der Waals surface area contributed by atoms with Crippen LogP contribution in [0.15, 0.2) is 41.6 Å². The average Bonchev–Trinajstić information content (AvgIpc) is 3.39. The van der Waals surface area contributed by atoms with Crippen molar-refractivity contribution in [3.8, 4) is 11.1 Å².